The second kappa shape index (κ2) is 13.2. The highest BCUT2D eigenvalue weighted by Gasteiger charge is 2.66. The summed E-state index contributed by atoms with van der Waals surface area (Å²) in [7, 11) is -1.91. The number of aromatic nitrogens is 5. The number of pyridine rings is 1. The van der Waals surface area contributed by atoms with E-state index in [1.165, 1.54) is 18.5 Å². The summed E-state index contributed by atoms with van der Waals surface area (Å²) in [6, 6.07) is 9.51. The molecule has 3 aromatic heterocycles. The maximum Gasteiger partial charge on any atom is 0.293 e. The van der Waals surface area contributed by atoms with Crippen LogP contribution in [0.15, 0.2) is 42.5 Å². The van der Waals surface area contributed by atoms with Gasteiger partial charge in [0.25, 0.3) is 5.92 Å². The Kier molecular flexibility index (Phi) is 9.18. The van der Waals surface area contributed by atoms with Gasteiger partial charge in [0.05, 0.1) is 27.7 Å². The first kappa shape index (κ1) is 37.5. The molecule has 0 amide bonds. The van der Waals surface area contributed by atoms with E-state index in [-0.39, 0.29) is 57.6 Å². The Morgan fingerprint density at radius 1 is 1.13 bits per heavy atom. The lowest BCUT2D eigenvalue weighted by atomic mass is 9.86. The van der Waals surface area contributed by atoms with Gasteiger partial charge in [-0.15, -0.1) is 0 Å². The Morgan fingerprint density at radius 2 is 1.81 bits per heavy atom. The lowest BCUT2D eigenvalue weighted by Crippen LogP contribution is -2.24. The van der Waals surface area contributed by atoms with Crippen LogP contribution in [-0.2, 0) is 46.3 Å². The van der Waals surface area contributed by atoms with Gasteiger partial charge >= 0.3 is 0 Å². The van der Waals surface area contributed by atoms with Gasteiger partial charge < -0.3 is 10.8 Å². The average molecular weight is 783 g/mol. The summed E-state index contributed by atoms with van der Waals surface area (Å²) >= 11 is 6.64. The summed E-state index contributed by atoms with van der Waals surface area (Å²) in [5.74, 6) is -2.54. The zero-order chi connectivity index (χ0) is 39.1. The smallest absolute Gasteiger partial charge is 0.293 e. The zero-order valence-electron chi connectivity index (χ0n) is 29.6. The molecule has 3 N–H and O–H groups in total. The molecule has 0 spiro atoms. The molecular weight excluding hydrogens is 748 g/mol. The van der Waals surface area contributed by atoms with Gasteiger partial charge in [-0.05, 0) is 74.4 Å². The first-order valence-electron chi connectivity index (χ1n) is 17.0. The van der Waals surface area contributed by atoms with E-state index in [0.717, 1.165) is 23.1 Å². The number of halogens is 5. The van der Waals surface area contributed by atoms with Gasteiger partial charge in [-0.25, -0.2) is 22.2 Å². The Morgan fingerprint density at radius 3 is 2.48 bits per heavy atom. The number of aryl methyl sites for hydroxylation is 1. The van der Waals surface area contributed by atoms with Crippen LogP contribution in [0.25, 0.3) is 22.0 Å². The topological polar surface area (TPSA) is 146 Å². The highest BCUT2D eigenvalue weighted by Crippen LogP contribution is 2.68. The third kappa shape index (κ3) is 7.22. The molecule has 1 saturated carbocycles. The van der Waals surface area contributed by atoms with Crippen molar-refractivity contribution in [3.63, 3.8) is 0 Å². The van der Waals surface area contributed by atoms with Crippen LogP contribution in [0.5, 0.6) is 0 Å². The zero-order valence-corrected chi connectivity index (χ0v) is 31.2. The van der Waals surface area contributed by atoms with E-state index in [1.807, 2.05) is 0 Å². The summed E-state index contributed by atoms with van der Waals surface area (Å²) in [4.78, 5) is 18.8. The molecule has 7 rings (SSSR count). The molecule has 282 valence electrons. The van der Waals surface area contributed by atoms with E-state index in [0.29, 0.717) is 34.5 Å². The number of ketones is 1. The standard InChI is InChI=1S/C38H35ClF4N6O4S/c1-37(2,51)10-9-23-5-6-25(26-7-8-29(39)32-30(18-54(4,52)53)46-48(3)34(26)32)33(45-23)20(11-19-12-21(40)15-22(41)13-19)14-24(50)17-49-35-31(36(44)47-49)27-16-28(27)38(35,42)43/h5-8,12-13,15,20,27-28,51H,11,14,16-18H2,1-4H3,(H2,44,47)/t20-,27+,28-/m1/s1. The molecule has 0 unspecified atom stereocenters. The number of sulfone groups is 1. The van der Waals surface area contributed by atoms with Crippen LogP contribution in [0.3, 0.4) is 0 Å². The number of aliphatic hydroxyl groups is 1. The summed E-state index contributed by atoms with van der Waals surface area (Å²) in [5.41, 5.74) is 6.80. The fraction of sp³-hybridized carbons (Fsp3) is 0.368. The summed E-state index contributed by atoms with van der Waals surface area (Å²) in [5, 5.41) is 19.5. The Hall–Kier alpha value is -4.78. The second-order valence-corrected chi connectivity index (χ2v) is 17.2. The molecule has 3 atom stereocenters. The van der Waals surface area contributed by atoms with Gasteiger partial charge in [-0.2, -0.15) is 19.0 Å². The predicted molar refractivity (Wildman–Crippen MR) is 194 cm³/mol. The first-order valence-corrected chi connectivity index (χ1v) is 19.4. The molecule has 2 aliphatic rings. The van der Waals surface area contributed by atoms with Crippen LogP contribution in [0, 0.1) is 29.4 Å². The Labute approximate surface area is 313 Å². The monoisotopic (exact) mass is 782 g/mol. The summed E-state index contributed by atoms with van der Waals surface area (Å²) in [6.45, 7) is 2.43. The van der Waals surface area contributed by atoms with Crippen molar-refractivity contribution in [1.29, 1.82) is 0 Å². The number of benzene rings is 2. The molecule has 1 fully saturated rings. The highest BCUT2D eigenvalue weighted by atomic mass is 35.5. The molecule has 0 bridgehead atoms. The number of anilines is 1. The number of hydrogen-bond donors (Lipinski definition) is 2. The van der Waals surface area contributed by atoms with E-state index in [2.05, 4.69) is 22.0 Å². The molecule has 10 nitrogen and oxygen atoms in total. The highest BCUT2D eigenvalue weighted by molar-refractivity contribution is 7.89. The fourth-order valence-corrected chi connectivity index (χ4v) is 8.49. The van der Waals surface area contributed by atoms with E-state index >= 15 is 8.78 Å². The lowest BCUT2D eigenvalue weighted by molar-refractivity contribution is -0.120. The number of fused-ring (bicyclic) bond motifs is 4. The van der Waals surface area contributed by atoms with Crippen molar-refractivity contribution >= 4 is 43.9 Å². The van der Waals surface area contributed by atoms with Gasteiger partial charge in [0.15, 0.2) is 15.6 Å². The molecular formula is C38H35ClF4N6O4S. The minimum atomic E-state index is -3.53. The predicted octanol–water partition coefficient (Wildman–Crippen LogP) is 6.21. The molecule has 0 radical (unpaired) electrons. The van der Waals surface area contributed by atoms with Gasteiger partial charge in [-0.1, -0.05) is 23.6 Å². The largest absolute Gasteiger partial charge is 0.382 e. The number of carbonyl (C=O) groups is 1. The number of Topliss-reactive ketones (excluding diaryl/α,β-unsaturated/α-hetero) is 1. The minimum absolute atomic E-state index is 0.0468. The van der Waals surface area contributed by atoms with Crippen molar-refractivity contribution < 1.29 is 35.9 Å². The van der Waals surface area contributed by atoms with Gasteiger partial charge in [0.1, 0.15) is 41.0 Å². The van der Waals surface area contributed by atoms with E-state index in [1.54, 1.807) is 31.3 Å². The summed E-state index contributed by atoms with van der Waals surface area (Å²) in [6.07, 6.45) is 0.910. The maximum absolute atomic E-state index is 15.3. The third-order valence-electron chi connectivity index (χ3n) is 9.67. The van der Waals surface area contributed by atoms with Gasteiger partial charge in [0, 0.05) is 59.7 Å². The van der Waals surface area contributed by atoms with Crippen LogP contribution in [0.4, 0.5) is 23.4 Å². The Balaban J connectivity index is 1.38. The molecule has 2 aliphatic carbocycles. The van der Waals surface area contributed by atoms with Crippen molar-refractivity contribution in [3.05, 3.63) is 93.0 Å². The van der Waals surface area contributed by atoms with Crippen LogP contribution in [0.1, 0.15) is 72.4 Å². The van der Waals surface area contributed by atoms with Crippen molar-refractivity contribution in [3.8, 4) is 23.0 Å². The van der Waals surface area contributed by atoms with Crippen molar-refractivity contribution in [2.75, 3.05) is 12.0 Å². The fourth-order valence-electron chi connectivity index (χ4n) is 7.53. The van der Waals surface area contributed by atoms with Crippen LogP contribution >= 0.6 is 11.6 Å². The quantitative estimate of drug-likeness (QED) is 0.126. The van der Waals surface area contributed by atoms with Crippen LogP contribution in [0.2, 0.25) is 5.02 Å². The lowest BCUT2D eigenvalue weighted by Gasteiger charge is -2.21. The second-order valence-electron chi connectivity index (χ2n) is 14.7. The van der Waals surface area contributed by atoms with Crippen molar-refractivity contribution in [2.24, 2.45) is 13.0 Å². The SMILES string of the molecule is Cn1nc(CS(C)(=O)=O)c2c(Cl)ccc(-c3ccc(C#CC(C)(C)O)nc3[C@@H](CC(=O)Cn3nc(N)c4c3C(F)(F)[C@@H]3C[C@H]43)Cc3cc(F)cc(F)c3)c21. The molecule has 54 heavy (non-hydrogen) atoms. The first-order chi connectivity index (χ1) is 25.2. The average Bonchev–Trinajstić information content (AvgIpc) is 3.62. The van der Waals surface area contributed by atoms with Crippen molar-refractivity contribution in [1.82, 2.24) is 24.5 Å². The van der Waals surface area contributed by atoms with Crippen LogP contribution in [-0.4, -0.2) is 55.7 Å². The number of hydrogen-bond acceptors (Lipinski definition) is 8. The van der Waals surface area contributed by atoms with E-state index < -0.39 is 68.8 Å². The van der Waals surface area contributed by atoms with Gasteiger partial charge in [-0.3, -0.25) is 14.2 Å². The molecule has 2 aromatic carbocycles. The number of nitrogens with zero attached hydrogens (tertiary/aromatic N) is 5. The molecule has 0 saturated heterocycles. The van der Waals surface area contributed by atoms with Crippen molar-refractivity contribution in [2.45, 2.75) is 68.8 Å². The third-order valence-corrected chi connectivity index (χ3v) is 10.8. The Bertz CT molecular complexity index is 2530. The molecule has 16 heteroatoms. The van der Waals surface area contributed by atoms with E-state index in [4.69, 9.17) is 22.3 Å². The number of alkyl halides is 2. The number of rotatable bonds is 10. The molecule has 5 aromatic rings. The van der Waals surface area contributed by atoms with Gasteiger partial charge in [0.2, 0.25) is 0 Å². The number of nitrogens with two attached hydrogens (primary N) is 1. The van der Waals surface area contributed by atoms with E-state index in [9.17, 15) is 27.1 Å². The maximum atomic E-state index is 15.3. The number of nitrogen functional groups attached to an aromatic ring is 1. The molecule has 3 heterocycles. The normalized spacial score (nSPS) is 17.9. The van der Waals surface area contributed by atoms with Crippen LogP contribution < -0.4 is 5.73 Å². The number of carbonyl (C=O) groups excluding carboxylic acids is 1. The molecule has 0 aliphatic heterocycles. The summed E-state index contributed by atoms with van der Waals surface area (Å²) < 4.78 is 86.8. The minimum Gasteiger partial charge on any atom is -0.382 e.